The van der Waals surface area contributed by atoms with Crippen LogP contribution in [0, 0.1) is 30.6 Å². The third kappa shape index (κ3) is 10.3. The topological polar surface area (TPSA) is 168 Å². The van der Waals surface area contributed by atoms with Crippen molar-refractivity contribution in [2.45, 2.75) is 48.1 Å². The molecule has 43 heavy (non-hydrogen) atoms. The zero-order valence-corrected chi connectivity index (χ0v) is 23.1. The fourth-order valence-electron chi connectivity index (χ4n) is 4.88. The summed E-state index contributed by atoms with van der Waals surface area (Å²) in [7, 11) is 1.39. The van der Waals surface area contributed by atoms with Gasteiger partial charge in [-0.15, -0.1) is 0 Å². The molecule has 2 aromatic carbocycles. The highest BCUT2D eigenvalue weighted by Crippen LogP contribution is 2.39. The van der Waals surface area contributed by atoms with Crippen LogP contribution in [0.3, 0.4) is 0 Å². The lowest BCUT2D eigenvalue weighted by Crippen LogP contribution is -2.42. The molecule has 0 bridgehead atoms. The zero-order valence-electron chi connectivity index (χ0n) is 23.1. The summed E-state index contributed by atoms with van der Waals surface area (Å²) in [5.74, 6) is -7.39. The van der Waals surface area contributed by atoms with Crippen molar-refractivity contribution in [2.75, 3.05) is 19.0 Å². The molecule has 1 aliphatic rings. The Balaban J connectivity index is 0.00000462. The van der Waals surface area contributed by atoms with Gasteiger partial charge in [0.25, 0.3) is 0 Å². The van der Waals surface area contributed by atoms with Crippen LogP contribution in [-0.2, 0) is 35.3 Å². The Labute approximate surface area is 252 Å². The number of rotatable bonds is 12. The quantitative estimate of drug-likeness (QED) is 0.204. The Kier molecular flexibility index (Phi) is 14.1. The summed E-state index contributed by atoms with van der Waals surface area (Å²) in [5.41, 5.74) is 2.71. The second-order valence-electron chi connectivity index (χ2n) is 10.00. The molecule has 0 heterocycles. The maximum absolute atomic E-state index is 13.3. The van der Waals surface area contributed by atoms with E-state index in [1.54, 1.807) is 37.3 Å². The molecule has 0 aromatic heterocycles. The number of benzene rings is 2. The maximum Gasteiger partial charge on any atom is 0.344 e. The van der Waals surface area contributed by atoms with E-state index in [0.717, 1.165) is 11.1 Å². The first-order chi connectivity index (χ1) is 19.5. The molecule has 4 N–H and O–H groups in total. The van der Waals surface area contributed by atoms with E-state index in [1.807, 2.05) is 31.2 Å². The van der Waals surface area contributed by atoms with E-state index in [1.165, 1.54) is 7.05 Å². The van der Waals surface area contributed by atoms with Crippen LogP contribution in [0.25, 0.3) is 0 Å². The molecule has 234 valence electrons. The van der Waals surface area contributed by atoms with E-state index in [0.29, 0.717) is 17.0 Å². The molecule has 0 spiro atoms. The van der Waals surface area contributed by atoms with Gasteiger partial charge in [0.1, 0.15) is 12.4 Å². The van der Waals surface area contributed by atoms with E-state index in [4.69, 9.17) is 9.47 Å². The van der Waals surface area contributed by atoms with Gasteiger partial charge in [0.05, 0.1) is 24.2 Å². The van der Waals surface area contributed by atoms with Gasteiger partial charge in [-0.2, -0.15) is 0 Å². The van der Waals surface area contributed by atoms with Crippen LogP contribution in [0.15, 0.2) is 60.2 Å². The van der Waals surface area contributed by atoms with Crippen molar-refractivity contribution in [3.63, 3.8) is 0 Å². The minimum atomic E-state index is -1.19. The molecule has 0 radical (unpaired) electrons. The van der Waals surface area contributed by atoms with Gasteiger partial charge in [-0.1, -0.05) is 56.3 Å². The molecule has 0 saturated heterocycles. The molecule has 4 unspecified atom stereocenters. The Morgan fingerprint density at radius 2 is 1.58 bits per heavy atom. The number of anilines is 1. The highest BCUT2D eigenvalue weighted by atomic mass is 16.6. The van der Waals surface area contributed by atoms with Crippen molar-refractivity contribution in [2.24, 2.45) is 23.7 Å². The summed E-state index contributed by atoms with van der Waals surface area (Å²) in [6, 6.07) is 13.8. The lowest BCUT2D eigenvalue weighted by Gasteiger charge is -2.34. The standard InChI is InChI=1S/C30H34N2O9.2CH4/c1-17-4-6-19(7-5-17)15-41-26(35)16-40-22-10-8-21(9-11-22)32-29(37)24-13-20(12-18(2)27(24)30(38)39)23(14-25(33)34)28(36)31-3;;/h4-12,20,23-24,27H,13-16H2,1-3H3,(H,31,36)(H,32,37)(H,33,34)(H,38,39);2*1H4. The number of allylic oxidation sites excluding steroid dienone is 1. The zero-order chi connectivity index (χ0) is 30.1. The van der Waals surface area contributed by atoms with E-state index in [9.17, 15) is 34.2 Å². The molecular weight excluding hydrogens is 556 g/mol. The predicted molar refractivity (Wildman–Crippen MR) is 161 cm³/mol. The number of hydrogen-bond acceptors (Lipinski definition) is 7. The molecule has 2 aromatic rings. The molecule has 11 nitrogen and oxygen atoms in total. The first-order valence-corrected chi connectivity index (χ1v) is 13.1. The molecule has 2 amide bonds. The first-order valence-electron chi connectivity index (χ1n) is 13.1. The van der Waals surface area contributed by atoms with E-state index < -0.39 is 59.8 Å². The van der Waals surface area contributed by atoms with Gasteiger partial charge in [0.2, 0.25) is 11.8 Å². The van der Waals surface area contributed by atoms with Gasteiger partial charge in [-0.25, -0.2) is 4.79 Å². The molecular formula is C32H42N2O9. The first kappa shape index (κ1) is 36.4. The Hall–Kier alpha value is -4.67. The number of carbonyl (C=O) groups is 5. The number of amides is 2. The van der Waals surface area contributed by atoms with Crippen LogP contribution in [0.5, 0.6) is 5.75 Å². The third-order valence-corrected chi connectivity index (χ3v) is 6.99. The minimum absolute atomic E-state index is 0. The molecule has 4 atom stereocenters. The minimum Gasteiger partial charge on any atom is -0.482 e. The SMILES string of the molecule is C.C.CNC(=O)C(CC(=O)O)C1C=C(C)C(C(=O)O)C(C(=O)Nc2ccc(OCC(=O)OCc3ccc(C)cc3)cc2)C1. The lowest BCUT2D eigenvalue weighted by molar-refractivity contribution is -0.147. The highest BCUT2D eigenvalue weighted by molar-refractivity contribution is 5.96. The van der Waals surface area contributed by atoms with Crippen molar-refractivity contribution in [1.82, 2.24) is 5.32 Å². The molecule has 1 aliphatic carbocycles. The van der Waals surface area contributed by atoms with Gasteiger partial charge in [0.15, 0.2) is 6.61 Å². The number of aryl methyl sites for hydroxylation is 1. The van der Waals surface area contributed by atoms with Gasteiger partial charge in [0, 0.05) is 12.7 Å². The summed E-state index contributed by atoms with van der Waals surface area (Å²) in [5, 5.41) is 24.3. The van der Waals surface area contributed by atoms with Gasteiger partial charge in [-0.05, 0) is 56.0 Å². The third-order valence-electron chi connectivity index (χ3n) is 6.99. The van der Waals surface area contributed by atoms with E-state index >= 15 is 0 Å². The molecule has 0 aliphatic heterocycles. The fourth-order valence-corrected chi connectivity index (χ4v) is 4.88. The number of ether oxygens (including phenoxy) is 2. The van der Waals surface area contributed by atoms with Crippen LogP contribution in [0.2, 0.25) is 0 Å². The van der Waals surface area contributed by atoms with Crippen molar-refractivity contribution in [3.05, 3.63) is 71.3 Å². The van der Waals surface area contributed by atoms with Gasteiger partial charge < -0.3 is 30.3 Å². The Morgan fingerprint density at radius 3 is 2.14 bits per heavy atom. The highest BCUT2D eigenvalue weighted by Gasteiger charge is 2.43. The largest absolute Gasteiger partial charge is 0.482 e. The molecule has 3 rings (SSSR count). The predicted octanol–water partition coefficient (Wildman–Crippen LogP) is 4.45. The summed E-state index contributed by atoms with van der Waals surface area (Å²) in [4.78, 5) is 61.1. The number of carboxylic acids is 2. The van der Waals surface area contributed by atoms with Crippen LogP contribution in [0.4, 0.5) is 5.69 Å². The Bertz CT molecular complexity index is 1300. The average Bonchev–Trinajstić information content (AvgIpc) is 2.94. The monoisotopic (exact) mass is 598 g/mol. The summed E-state index contributed by atoms with van der Waals surface area (Å²) >= 11 is 0. The second-order valence-corrected chi connectivity index (χ2v) is 10.00. The van der Waals surface area contributed by atoms with Crippen LogP contribution >= 0.6 is 0 Å². The summed E-state index contributed by atoms with van der Waals surface area (Å²) < 4.78 is 10.7. The number of nitrogens with one attached hydrogen (secondary N) is 2. The van der Waals surface area contributed by atoms with Crippen LogP contribution < -0.4 is 15.4 Å². The smallest absolute Gasteiger partial charge is 0.344 e. The normalized spacial score (nSPS) is 17.9. The average molecular weight is 599 g/mol. The van der Waals surface area contributed by atoms with E-state index in [2.05, 4.69) is 10.6 Å². The molecule has 0 fully saturated rings. The van der Waals surface area contributed by atoms with Crippen molar-refractivity contribution in [1.29, 1.82) is 0 Å². The number of carboxylic acid groups (broad SMARTS) is 2. The fraction of sp³-hybridized carbons (Fsp3) is 0.406. The van der Waals surface area contributed by atoms with Crippen molar-refractivity contribution in [3.8, 4) is 5.75 Å². The number of esters is 1. The van der Waals surface area contributed by atoms with Crippen molar-refractivity contribution >= 4 is 35.4 Å². The van der Waals surface area contributed by atoms with E-state index in [-0.39, 0.29) is 34.5 Å². The number of hydrogen-bond donors (Lipinski definition) is 4. The second kappa shape index (κ2) is 16.7. The van der Waals surface area contributed by atoms with Gasteiger partial charge >= 0.3 is 17.9 Å². The summed E-state index contributed by atoms with van der Waals surface area (Å²) in [6.07, 6.45) is 1.11. The van der Waals surface area contributed by atoms with Gasteiger partial charge in [-0.3, -0.25) is 19.2 Å². The number of aliphatic carboxylic acids is 2. The molecule has 0 saturated carbocycles. The molecule has 11 heteroatoms. The number of carbonyl (C=O) groups excluding carboxylic acids is 3. The van der Waals surface area contributed by atoms with Crippen LogP contribution in [-0.4, -0.2) is 53.6 Å². The summed E-state index contributed by atoms with van der Waals surface area (Å²) in [6.45, 7) is 3.34. The van der Waals surface area contributed by atoms with Crippen LogP contribution in [0.1, 0.15) is 45.7 Å². The van der Waals surface area contributed by atoms with Crippen molar-refractivity contribution < 1.29 is 43.7 Å². The Morgan fingerprint density at radius 1 is 0.953 bits per heavy atom. The maximum atomic E-state index is 13.3. The lowest BCUT2D eigenvalue weighted by atomic mass is 9.69.